The molecule has 0 fully saturated rings. The highest BCUT2D eigenvalue weighted by molar-refractivity contribution is 6.32. The van der Waals surface area contributed by atoms with Gasteiger partial charge in [0.05, 0.1) is 26.9 Å². The molecule has 0 bridgehead atoms. The van der Waals surface area contributed by atoms with Crippen molar-refractivity contribution in [2.24, 2.45) is 0 Å². The van der Waals surface area contributed by atoms with Crippen LogP contribution in [0.25, 0.3) is 11.3 Å². The molecule has 1 aliphatic heterocycles. The van der Waals surface area contributed by atoms with Crippen molar-refractivity contribution in [3.63, 3.8) is 0 Å². The van der Waals surface area contributed by atoms with Crippen LogP contribution in [0, 0.1) is 0 Å². The average Bonchev–Trinajstić information content (AvgIpc) is 3.17. The highest BCUT2D eigenvalue weighted by Crippen LogP contribution is 2.41. The van der Waals surface area contributed by atoms with Crippen molar-refractivity contribution < 1.29 is 33.7 Å². The maximum atomic E-state index is 12.7. The van der Waals surface area contributed by atoms with E-state index in [1.165, 1.54) is 12.2 Å². The molecule has 8 heteroatoms. The average molecular weight is 506 g/mol. The Morgan fingerprint density at radius 1 is 0.811 bits per heavy atom. The monoisotopic (exact) mass is 505 g/mol. The number of methoxy groups -OCH3 is 2. The van der Waals surface area contributed by atoms with E-state index in [9.17, 15) is 14.7 Å². The van der Waals surface area contributed by atoms with Gasteiger partial charge in [0.2, 0.25) is 5.78 Å². The zero-order chi connectivity index (χ0) is 27.2. The van der Waals surface area contributed by atoms with Gasteiger partial charge in [0.1, 0.15) is 23.0 Å². The van der Waals surface area contributed by atoms with Gasteiger partial charge in [-0.1, -0.05) is 12.1 Å². The Labute approximate surface area is 216 Å². The van der Waals surface area contributed by atoms with Crippen LogP contribution < -0.4 is 9.47 Å². The third-order valence-corrected chi connectivity index (χ3v) is 5.76. The number of hydrogen-bond donors (Lipinski definition) is 1. The second kappa shape index (κ2) is 11.6. The number of nitrogens with zero attached hydrogens (tertiary/aromatic N) is 1. The molecule has 3 aromatic rings. The van der Waals surface area contributed by atoms with Gasteiger partial charge in [0.15, 0.2) is 5.60 Å². The van der Waals surface area contributed by atoms with Crippen molar-refractivity contribution in [2.45, 2.75) is 19.4 Å². The number of rotatable bonds is 6. The van der Waals surface area contributed by atoms with Crippen LogP contribution in [0.4, 0.5) is 0 Å². The van der Waals surface area contributed by atoms with Gasteiger partial charge in [0, 0.05) is 18.2 Å². The number of phenols is 1. The van der Waals surface area contributed by atoms with Crippen LogP contribution in [0.1, 0.15) is 35.3 Å². The van der Waals surface area contributed by atoms with E-state index < -0.39 is 5.60 Å². The van der Waals surface area contributed by atoms with Gasteiger partial charge in [-0.05, 0) is 80.1 Å². The number of amides is 1. The molecule has 37 heavy (non-hydrogen) atoms. The second-order valence-electron chi connectivity index (χ2n) is 8.63. The number of carbonyl (C=O) groups excluding carboxylic acids is 2. The molecule has 0 saturated heterocycles. The quantitative estimate of drug-likeness (QED) is 0.473. The predicted molar refractivity (Wildman–Crippen MR) is 140 cm³/mol. The minimum Gasteiger partial charge on any atom is -0.508 e. The van der Waals surface area contributed by atoms with Crippen molar-refractivity contribution in [1.82, 2.24) is 5.06 Å². The minimum absolute atomic E-state index is 0.0750. The number of Topliss-reactive ketones (excluding diaryl/α,β-unsaturated/α-hetero) is 1. The van der Waals surface area contributed by atoms with Crippen molar-refractivity contribution in [3.05, 3.63) is 89.5 Å². The van der Waals surface area contributed by atoms with E-state index in [1.807, 2.05) is 24.3 Å². The van der Waals surface area contributed by atoms with Crippen LogP contribution in [0.5, 0.6) is 17.2 Å². The van der Waals surface area contributed by atoms with E-state index >= 15 is 0 Å². The number of aromatic hydroxyl groups is 1. The SMILES string of the molecule is COc1ccc(C(=O)N(C)OC)cc1.COc1ccc(C2=C(c3ccc(O)cc3)C(=O)C(C)(C)O2)cc1. The summed E-state index contributed by atoms with van der Waals surface area (Å²) < 4.78 is 16.1. The Morgan fingerprint density at radius 3 is 1.78 bits per heavy atom. The number of ketones is 1. The van der Waals surface area contributed by atoms with E-state index in [0.29, 0.717) is 16.9 Å². The fraction of sp³-hybridized carbons (Fsp3) is 0.241. The molecule has 1 amide bonds. The summed E-state index contributed by atoms with van der Waals surface area (Å²) in [5, 5.41) is 10.6. The third kappa shape index (κ3) is 6.29. The molecule has 0 saturated carbocycles. The molecule has 1 heterocycles. The molecule has 194 valence electrons. The first-order chi connectivity index (χ1) is 17.6. The Morgan fingerprint density at radius 2 is 1.30 bits per heavy atom. The van der Waals surface area contributed by atoms with Crippen LogP contribution in [0.15, 0.2) is 72.8 Å². The topological polar surface area (TPSA) is 94.5 Å². The first-order valence-corrected chi connectivity index (χ1v) is 11.5. The van der Waals surface area contributed by atoms with Gasteiger partial charge in [-0.25, -0.2) is 5.06 Å². The largest absolute Gasteiger partial charge is 0.508 e. The van der Waals surface area contributed by atoms with Crippen molar-refractivity contribution >= 4 is 23.0 Å². The van der Waals surface area contributed by atoms with Crippen LogP contribution in [0.2, 0.25) is 0 Å². The summed E-state index contributed by atoms with van der Waals surface area (Å²) >= 11 is 0. The summed E-state index contributed by atoms with van der Waals surface area (Å²) in [5.41, 5.74) is 1.72. The fourth-order valence-electron chi connectivity index (χ4n) is 3.59. The number of hydroxylamine groups is 2. The highest BCUT2D eigenvalue weighted by Gasteiger charge is 2.42. The van der Waals surface area contributed by atoms with E-state index in [1.54, 1.807) is 83.6 Å². The lowest BCUT2D eigenvalue weighted by Crippen LogP contribution is -2.29. The zero-order valence-corrected chi connectivity index (χ0v) is 21.8. The molecule has 1 aliphatic rings. The predicted octanol–water partition coefficient (Wildman–Crippen LogP) is 4.98. The summed E-state index contributed by atoms with van der Waals surface area (Å²) in [6.07, 6.45) is 0. The summed E-state index contributed by atoms with van der Waals surface area (Å²) in [6.45, 7) is 3.51. The Hall–Kier alpha value is -4.30. The summed E-state index contributed by atoms with van der Waals surface area (Å²) in [4.78, 5) is 29.1. The Balaban J connectivity index is 0.000000233. The van der Waals surface area contributed by atoms with E-state index in [0.717, 1.165) is 22.6 Å². The zero-order valence-electron chi connectivity index (χ0n) is 21.8. The molecule has 0 atom stereocenters. The van der Waals surface area contributed by atoms with Gasteiger partial charge in [-0.3, -0.25) is 14.4 Å². The van der Waals surface area contributed by atoms with Gasteiger partial charge in [-0.2, -0.15) is 0 Å². The molecule has 0 unspecified atom stereocenters. The standard InChI is InChI=1S/C19H18O4.C10H13NO3/c1-19(2)18(21)16(12-4-8-14(20)9-5-12)17(23-19)13-6-10-15(22-3)11-7-13;1-11(14-3)10(12)8-4-6-9(13-2)7-5-8/h4-11,20H,1-3H3;4-7H,1-3H3. The number of benzene rings is 3. The van der Waals surface area contributed by atoms with Crippen molar-refractivity contribution in [3.8, 4) is 17.2 Å². The van der Waals surface area contributed by atoms with Crippen LogP contribution >= 0.6 is 0 Å². The van der Waals surface area contributed by atoms with E-state index in [2.05, 4.69) is 0 Å². The molecule has 0 aliphatic carbocycles. The molecule has 1 N–H and O–H groups in total. The van der Waals surface area contributed by atoms with E-state index in [-0.39, 0.29) is 17.4 Å². The van der Waals surface area contributed by atoms with E-state index in [4.69, 9.17) is 19.0 Å². The fourth-order valence-corrected chi connectivity index (χ4v) is 3.59. The van der Waals surface area contributed by atoms with Crippen LogP contribution in [-0.2, 0) is 14.4 Å². The molecule has 3 aromatic carbocycles. The van der Waals surface area contributed by atoms with Crippen LogP contribution in [0.3, 0.4) is 0 Å². The van der Waals surface area contributed by atoms with Gasteiger partial charge >= 0.3 is 0 Å². The number of carbonyl (C=O) groups is 2. The van der Waals surface area contributed by atoms with Gasteiger partial charge < -0.3 is 19.3 Å². The molecule has 4 rings (SSSR count). The second-order valence-corrected chi connectivity index (χ2v) is 8.63. The lowest BCUT2D eigenvalue weighted by Gasteiger charge is -2.17. The lowest BCUT2D eigenvalue weighted by molar-refractivity contribution is -0.125. The van der Waals surface area contributed by atoms with Gasteiger partial charge in [0.25, 0.3) is 5.91 Å². The summed E-state index contributed by atoms with van der Waals surface area (Å²) in [5.74, 6) is 1.91. The number of phenolic OH excluding ortho intramolecular Hbond substituents is 1. The molecule has 0 spiro atoms. The number of hydrogen-bond acceptors (Lipinski definition) is 7. The van der Waals surface area contributed by atoms with Gasteiger partial charge in [-0.15, -0.1) is 0 Å². The third-order valence-electron chi connectivity index (χ3n) is 5.76. The molecular formula is C29H31NO7. The summed E-state index contributed by atoms with van der Waals surface area (Å²) in [7, 11) is 6.20. The molecule has 8 nitrogen and oxygen atoms in total. The smallest absolute Gasteiger partial charge is 0.277 e. The molecular weight excluding hydrogens is 474 g/mol. The Bertz CT molecular complexity index is 1260. The first-order valence-electron chi connectivity index (χ1n) is 11.5. The normalized spacial score (nSPS) is 13.8. The number of ether oxygens (including phenoxy) is 3. The lowest BCUT2D eigenvalue weighted by atomic mass is 9.92. The highest BCUT2D eigenvalue weighted by atomic mass is 16.7. The maximum absolute atomic E-state index is 12.7. The maximum Gasteiger partial charge on any atom is 0.277 e. The molecule has 0 aromatic heterocycles. The minimum atomic E-state index is -0.914. The first kappa shape index (κ1) is 27.3. The molecule has 0 radical (unpaired) electrons. The Kier molecular flexibility index (Phi) is 8.57. The van der Waals surface area contributed by atoms with Crippen molar-refractivity contribution in [1.29, 1.82) is 0 Å². The summed E-state index contributed by atoms with van der Waals surface area (Å²) in [6, 6.07) is 20.8. The van der Waals surface area contributed by atoms with Crippen molar-refractivity contribution in [2.75, 3.05) is 28.4 Å². The van der Waals surface area contributed by atoms with Crippen LogP contribution in [-0.4, -0.2) is 55.8 Å².